The third kappa shape index (κ3) is 7.76. The molecule has 0 aliphatic carbocycles. The van der Waals surface area contributed by atoms with Gasteiger partial charge in [-0.15, -0.1) is 5.11 Å². The minimum Gasteiger partial charge on any atom is -0.369 e. The van der Waals surface area contributed by atoms with Gasteiger partial charge in [-0.1, -0.05) is 0 Å². The molecule has 3 heterocycles. The van der Waals surface area contributed by atoms with Gasteiger partial charge in [0.2, 0.25) is 0 Å². The molecule has 216 valence electrons. The Hall–Kier alpha value is -3.10. The van der Waals surface area contributed by atoms with Crippen molar-refractivity contribution >= 4 is 23.0 Å². The molecule has 0 atom stereocenters. The number of carbonyl (C=O) groups is 1. The molecule has 2 aromatic rings. The Balaban J connectivity index is 0.000000186. The molecule has 0 bridgehead atoms. The van der Waals surface area contributed by atoms with Crippen LogP contribution in [0.2, 0.25) is 0 Å². The molecule has 0 unspecified atom stereocenters. The van der Waals surface area contributed by atoms with Crippen LogP contribution in [0.1, 0.15) is 64.4 Å². The summed E-state index contributed by atoms with van der Waals surface area (Å²) in [5.41, 5.74) is 4.86. The maximum absolute atomic E-state index is 11.3. The molecule has 2 aromatic carbocycles. The molecule has 8 heteroatoms. The third-order valence-electron chi connectivity index (χ3n) is 8.04. The van der Waals surface area contributed by atoms with Crippen molar-refractivity contribution in [1.82, 2.24) is 9.80 Å². The van der Waals surface area contributed by atoms with E-state index >= 15 is 0 Å². The number of Topliss-reactive ketones (excluding diaryl/α,β-unsaturated/α-hetero) is 1. The van der Waals surface area contributed by atoms with E-state index in [1.54, 1.807) is 6.92 Å². The molecular weight excluding hydrogens is 498 g/mol. The van der Waals surface area contributed by atoms with Crippen molar-refractivity contribution in [2.24, 2.45) is 15.2 Å². The largest absolute Gasteiger partial charge is 0.369 e. The molecule has 0 amide bonds. The number of ketones is 1. The van der Waals surface area contributed by atoms with Gasteiger partial charge < -0.3 is 9.80 Å². The SMILES string of the molecule is CC(=O)c1ccc(N2CCN(C(C)(C)C)CC2)cc1.CC(C)(C)N1CCN(c2ccc(C3=NCN=N3)cc2)CC1. The van der Waals surface area contributed by atoms with E-state index in [9.17, 15) is 4.79 Å². The Morgan fingerprint density at radius 2 is 1.07 bits per heavy atom. The van der Waals surface area contributed by atoms with Crippen LogP contribution in [0.15, 0.2) is 63.8 Å². The van der Waals surface area contributed by atoms with Gasteiger partial charge in [0.05, 0.1) is 0 Å². The van der Waals surface area contributed by atoms with Gasteiger partial charge in [0, 0.05) is 85.9 Å². The summed E-state index contributed by atoms with van der Waals surface area (Å²) < 4.78 is 0. The highest BCUT2D eigenvalue weighted by Crippen LogP contribution is 2.23. The van der Waals surface area contributed by atoms with Crippen molar-refractivity contribution in [2.75, 3.05) is 68.8 Å². The van der Waals surface area contributed by atoms with Crippen LogP contribution in [0.5, 0.6) is 0 Å². The maximum atomic E-state index is 11.3. The van der Waals surface area contributed by atoms with Crippen molar-refractivity contribution in [3.63, 3.8) is 0 Å². The highest BCUT2D eigenvalue weighted by Gasteiger charge is 2.27. The summed E-state index contributed by atoms with van der Waals surface area (Å²) in [5.74, 6) is 0.878. The smallest absolute Gasteiger partial charge is 0.178 e. The van der Waals surface area contributed by atoms with Crippen LogP contribution in [-0.2, 0) is 0 Å². The first-order valence-corrected chi connectivity index (χ1v) is 14.6. The summed E-state index contributed by atoms with van der Waals surface area (Å²) in [7, 11) is 0. The van der Waals surface area contributed by atoms with Gasteiger partial charge >= 0.3 is 0 Å². The Bertz CT molecular complexity index is 1170. The number of hydrogen-bond acceptors (Lipinski definition) is 8. The lowest BCUT2D eigenvalue weighted by molar-refractivity contribution is 0.101. The molecule has 3 aliphatic rings. The lowest BCUT2D eigenvalue weighted by atomic mass is 10.0. The highest BCUT2D eigenvalue weighted by atomic mass is 16.1. The second kappa shape index (κ2) is 12.6. The molecule has 3 aliphatic heterocycles. The standard InChI is InChI=1S/C16H23N5.C16H24N2O/c1-16(2,3)21-10-8-20(9-11-21)14-6-4-13(5-7-14)15-17-12-18-19-15;1-13(19)14-5-7-15(8-6-14)17-9-11-18(12-10-17)16(2,3)4/h4-7H,8-12H2,1-3H3;5-8H,9-12H2,1-4H3. The van der Waals surface area contributed by atoms with Crippen molar-refractivity contribution in [1.29, 1.82) is 0 Å². The number of nitrogens with zero attached hydrogens (tertiary/aromatic N) is 7. The van der Waals surface area contributed by atoms with Crippen molar-refractivity contribution in [3.05, 3.63) is 59.7 Å². The number of benzene rings is 2. The van der Waals surface area contributed by atoms with Crippen molar-refractivity contribution in [3.8, 4) is 0 Å². The zero-order valence-electron chi connectivity index (χ0n) is 25.5. The maximum Gasteiger partial charge on any atom is 0.178 e. The Morgan fingerprint density at radius 1 is 0.650 bits per heavy atom. The lowest BCUT2D eigenvalue weighted by Crippen LogP contribution is -2.53. The summed E-state index contributed by atoms with van der Waals surface area (Å²) in [4.78, 5) is 25.4. The van der Waals surface area contributed by atoms with E-state index in [1.807, 2.05) is 12.1 Å². The number of rotatable bonds is 4. The van der Waals surface area contributed by atoms with Gasteiger partial charge in [0.1, 0.15) is 0 Å². The van der Waals surface area contributed by atoms with Gasteiger partial charge in [-0.2, -0.15) is 5.11 Å². The van der Waals surface area contributed by atoms with Crippen LogP contribution in [0.25, 0.3) is 0 Å². The van der Waals surface area contributed by atoms with Crippen molar-refractivity contribution < 1.29 is 4.79 Å². The van der Waals surface area contributed by atoms with Gasteiger partial charge in [-0.25, -0.2) is 4.99 Å². The van der Waals surface area contributed by atoms with E-state index in [1.165, 1.54) is 11.4 Å². The zero-order valence-corrected chi connectivity index (χ0v) is 25.5. The van der Waals surface area contributed by atoms with E-state index < -0.39 is 0 Å². The molecule has 0 spiro atoms. The molecule has 2 saturated heterocycles. The number of anilines is 2. The van der Waals surface area contributed by atoms with Crippen LogP contribution >= 0.6 is 0 Å². The van der Waals surface area contributed by atoms with Crippen molar-refractivity contribution in [2.45, 2.75) is 59.5 Å². The van der Waals surface area contributed by atoms with Crippen LogP contribution in [0.3, 0.4) is 0 Å². The lowest BCUT2D eigenvalue weighted by Gasteiger charge is -2.43. The first-order chi connectivity index (χ1) is 18.9. The second-order valence-corrected chi connectivity index (χ2v) is 12.8. The Kier molecular flexibility index (Phi) is 9.41. The number of amidine groups is 1. The minimum absolute atomic E-state index is 0.129. The first-order valence-electron chi connectivity index (χ1n) is 14.6. The summed E-state index contributed by atoms with van der Waals surface area (Å²) in [5, 5.41) is 7.93. The van der Waals surface area contributed by atoms with Crippen LogP contribution in [-0.4, -0.2) is 91.5 Å². The van der Waals surface area contributed by atoms with E-state index in [4.69, 9.17) is 0 Å². The number of hydrogen-bond donors (Lipinski definition) is 0. The predicted octanol–water partition coefficient (Wildman–Crippen LogP) is 5.59. The third-order valence-corrected chi connectivity index (χ3v) is 8.04. The molecule has 5 rings (SSSR count). The molecule has 40 heavy (non-hydrogen) atoms. The van der Waals surface area contributed by atoms with Crippen LogP contribution in [0, 0.1) is 0 Å². The molecule has 0 N–H and O–H groups in total. The molecule has 8 nitrogen and oxygen atoms in total. The fourth-order valence-electron chi connectivity index (χ4n) is 5.38. The highest BCUT2D eigenvalue weighted by molar-refractivity contribution is 6.00. The van der Waals surface area contributed by atoms with E-state index in [-0.39, 0.29) is 16.9 Å². The van der Waals surface area contributed by atoms with Crippen LogP contribution in [0.4, 0.5) is 11.4 Å². The number of piperazine rings is 2. The quantitative estimate of drug-likeness (QED) is 0.469. The van der Waals surface area contributed by atoms with E-state index in [2.05, 4.69) is 113 Å². The number of carbonyl (C=O) groups excluding carboxylic acids is 1. The average Bonchev–Trinajstić information content (AvgIpc) is 3.48. The number of aliphatic imine (C=N–C) groups is 1. The minimum atomic E-state index is 0.129. The number of azo groups is 1. The molecule has 2 fully saturated rings. The van der Waals surface area contributed by atoms with E-state index in [0.29, 0.717) is 6.67 Å². The second-order valence-electron chi connectivity index (χ2n) is 12.8. The zero-order chi connectivity index (χ0) is 28.9. The molecular formula is C32H47N7O. The van der Waals surface area contributed by atoms with Gasteiger partial charge in [0.15, 0.2) is 18.3 Å². The normalized spacial score (nSPS) is 18.8. The van der Waals surface area contributed by atoms with Gasteiger partial charge in [-0.3, -0.25) is 14.6 Å². The molecule has 0 aromatic heterocycles. The Morgan fingerprint density at radius 3 is 1.43 bits per heavy atom. The van der Waals surface area contributed by atoms with Gasteiger partial charge in [0.25, 0.3) is 0 Å². The summed E-state index contributed by atoms with van der Waals surface area (Å²) in [6.07, 6.45) is 0. The first kappa shape index (κ1) is 29.9. The molecule has 0 saturated carbocycles. The van der Waals surface area contributed by atoms with Crippen LogP contribution < -0.4 is 9.80 Å². The predicted molar refractivity (Wildman–Crippen MR) is 166 cm³/mol. The Labute approximate surface area is 240 Å². The molecule has 0 radical (unpaired) electrons. The topological polar surface area (TPSA) is 67.1 Å². The van der Waals surface area contributed by atoms with E-state index in [0.717, 1.165) is 69.3 Å². The fraction of sp³-hybridized carbons (Fsp3) is 0.562. The fourth-order valence-corrected chi connectivity index (χ4v) is 5.38. The summed E-state index contributed by atoms with van der Waals surface area (Å²) in [6, 6.07) is 16.5. The summed E-state index contributed by atoms with van der Waals surface area (Å²) in [6.45, 7) is 24.4. The average molecular weight is 546 g/mol. The van der Waals surface area contributed by atoms with Gasteiger partial charge in [-0.05, 0) is 97.0 Å². The summed E-state index contributed by atoms with van der Waals surface area (Å²) >= 11 is 0. The monoisotopic (exact) mass is 545 g/mol.